The topological polar surface area (TPSA) is 146 Å². The Balaban J connectivity index is 1.65. The molecule has 1 aromatic carbocycles. The van der Waals surface area contributed by atoms with Gasteiger partial charge in [0.2, 0.25) is 5.85 Å². The molecule has 2 N–H and O–H groups in total. The molecule has 172 valence electrons. The summed E-state index contributed by atoms with van der Waals surface area (Å²) >= 11 is 0. The molecule has 1 aromatic heterocycles. The van der Waals surface area contributed by atoms with Crippen LogP contribution in [0.25, 0.3) is 0 Å². The fourth-order valence-electron chi connectivity index (χ4n) is 3.58. The van der Waals surface area contributed by atoms with Crippen molar-refractivity contribution in [2.24, 2.45) is 0 Å². The van der Waals surface area contributed by atoms with E-state index >= 15 is 4.39 Å². The zero-order chi connectivity index (χ0) is 25.1. The van der Waals surface area contributed by atoms with Gasteiger partial charge in [0, 0.05) is 18.2 Å². The van der Waals surface area contributed by atoms with Gasteiger partial charge in [0.25, 0.3) is 5.56 Å². The molecule has 0 amide bonds. The van der Waals surface area contributed by atoms with Gasteiger partial charge in [-0.3, -0.25) is 28.2 Å². The van der Waals surface area contributed by atoms with Crippen molar-refractivity contribution in [3.8, 4) is 5.75 Å². The monoisotopic (exact) mass is 486 g/mol. The summed E-state index contributed by atoms with van der Waals surface area (Å²) in [4.78, 5) is 36.7. The highest BCUT2D eigenvalue weighted by atomic mass is 31.2. The largest absolute Gasteiger partial charge is 0.529 e. The molecule has 2 aliphatic rings. The number of aldehydes is 1. The van der Waals surface area contributed by atoms with Crippen LogP contribution in [0, 0.1) is 6.92 Å². The second-order valence-corrected chi connectivity index (χ2v) is 9.41. The van der Waals surface area contributed by atoms with E-state index in [9.17, 15) is 24.1 Å². The Morgan fingerprint density at radius 2 is 2.12 bits per heavy atom. The Morgan fingerprint density at radius 3 is 2.79 bits per heavy atom. The van der Waals surface area contributed by atoms with Gasteiger partial charge in [-0.2, -0.15) is 0 Å². The fraction of sp³-hybridized carbons (Fsp3) is 0.389. The molecule has 0 saturated carbocycles. The number of alkyl halides is 1. The number of nitrogens with zero attached hydrogens (tertiary/aromatic N) is 1. The van der Waals surface area contributed by atoms with E-state index in [1.54, 1.807) is 30.1 Å². The Hall–Kier alpha value is -2.44. The number of aromatic nitrogens is 2. The molecular formula is C18H15B3FN2O9P. The molecule has 3 heterocycles. The van der Waals surface area contributed by atoms with Gasteiger partial charge in [0.1, 0.15) is 34.9 Å². The van der Waals surface area contributed by atoms with E-state index in [1.165, 1.54) is 0 Å². The minimum Gasteiger partial charge on any atom is -0.403 e. The number of aliphatic hydroxyl groups is 1. The predicted molar refractivity (Wildman–Crippen MR) is 116 cm³/mol. The number of benzene rings is 1. The van der Waals surface area contributed by atoms with Gasteiger partial charge in [0.05, 0.1) is 23.7 Å². The number of H-pyrrole nitrogens is 1. The molecule has 6 radical (unpaired) electrons. The number of aliphatic hydroxyl groups excluding tert-OH is 1. The molecule has 0 bridgehead atoms. The van der Waals surface area contributed by atoms with Crippen molar-refractivity contribution in [3.63, 3.8) is 0 Å². The lowest BCUT2D eigenvalue weighted by Crippen LogP contribution is -2.56. The van der Waals surface area contributed by atoms with Gasteiger partial charge in [-0.05, 0) is 12.5 Å². The third kappa shape index (κ3) is 3.91. The van der Waals surface area contributed by atoms with E-state index in [4.69, 9.17) is 41.8 Å². The van der Waals surface area contributed by atoms with Crippen LogP contribution in [-0.4, -0.2) is 61.8 Å². The number of nitrogens with one attached hydrogen (secondary N) is 1. The maximum Gasteiger partial charge on any atom is 0.529 e. The van der Waals surface area contributed by atoms with Gasteiger partial charge < -0.3 is 14.4 Å². The normalized spacial score (nSPS) is 31.0. The molecule has 0 aliphatic carbocycles. The van der Waals surface area contributed by atoms with E-state index in [0.717, 1.165) is 0 Å². The number of carbonyl (C=O) groups excluding carboxylic acids is 1. The smallest absolute Gasteiger partial charge is 0.403 e. The van der Waals surface area contributed by atoms with E-state index in [2.05, 4.69) is 0 Å². The van der Waals surface area contributed by atoms with Gasteiger partial charge in [-0.25, -0.2) is 13.8 Å². The molecule has 4 atom stereocenters. The molecule has 2 aromatic rings. The number of phosphoric ester groups is 1. The number of rotatable bonds is 5. The number of hydrogen-bond donors (Lipinski definition) is 2. The number of aromatic amines is 1. The van der Waals surface area contributed by atoms with Gasteiger partial charge in [-0.1, -0.05) is 18.2 Å². The number of fused-ring (bicyclic) bond motifs is 1. The molecule has 1 unspecified atom stereocenters. The van der Waals surface area contributed by atoms with Crippen molar-refractivity contribution in [3.05, 3.63) is 61.9 Å². The molecule has 1 saturated heterocycles. The predicted octanol–water partition coefficient (Wildman–Crippen LogP) is -0.392. The van der Waals surface area contributed by atoms with Crippen molar-refractivity contribution >= 4 is 37.6 Å². The van der Waals surface area contributed by atoms with Crippen LogP contribution in [0.2, 0.25) is 0 Å². The number of aryl methyl sites for hydroxylation is 1. The van der Waals surface area contributed by atoms with Crippen molar-refractivity contribution in [2.75, 3.05) is 0 Å². The molecule has 0 spiro atoms. The van der Waals surface area contributed by atoms with Crippen LogP contribution in [0.1, 0.15) is 27.9 Å². The van der Waals surface area contributed by atoms with Crippen LogP contribution < -0.4 is 15.8 Å². The summed E-state index contributed by atoms with van der Waals surface area (Å²) in [6.45, 7) is 1.44. The van der Waals surface area contributed by atoms with Crippen LogP contribution in [0.5, 0.6) is 5.75 Å². The lowest BCUT2D eigenvalue weighted by molar-refractivity contribution is -0.219. The number of ether oxygens (including phenoxy) is 1. The SMILES string of the molecule is [B]C([B])(OP1(=O)OCc2cccc(C)c2O1)[C@]1(F)C[C@@H](O)[C@]([B])(n2cc(C=O)c(=O)[nH]c2=O)O1. The average Bonchev–Trinajstić information content (AvgIpc) is 2.98. The third-order valence-corrected chi connectivity index (χ3v) is 6.83. The summed E-state index contributed by atoms with van der Waals surface area (Å²) in [6.07, 6.45) is -2.32. The Labute approximate surface area is 195 Å². The third-order valence-electron chi connectivity index (χ3n) is 5.45. The summed E-state index contributed by atoms with van der Waals surface area (Å²) in [5, 5.41) is 7.37. The summed E-state index contributed by atoms with van der Waals surface area (Å²) < 4.78 is 49.9. The molecule has 16 heteroatoms. The number of carbonyl (C=O) groups is 1. The first-order valence-corrected chi connectivity index (χ1v) is 11.2. The lowest BCUT2D eigenvalue weighted by Gasteiger charge is -2.41. The Bertz CT molecular complexity index is 1330. The van der Waals surface area contributed by atoms with Crippen LogP contribution in [0.3, 0.4) is 0 Å². The summed E-state index contributed by atoms with van der Waals surface area (Å²) in [6, 6.07) is 5.03. The minimum absolute atomic E-state index is 0.102. The molecule has 34 heavy (non-hydrogen) atoms. The summed E-state index contributed by atoms with van der Waals surface area (Å²) in [5.41, 5.74) is -4.43. The highest BCUT2D eigenvalue weighted by Gasteiger charge is 2.63. The zero-order valence-corrected chi connectivity index (χ0v) is 18.5. The zero-order valence-electron chi connectivity index (χ0n) is 17.6. The second kappa shape index (κ2) is 8.06. The Kier molecular flexibility index (Phi) is 5.85. The fourth-order valence-corrected chi connectivity index (χ4v) is 5.02. The first kappa shape index (κ1) is 24.7. The molecule has 4 rings (SSSR count). The summed E-state index contributed by atoms with van der Waals surface area (Å²) in [7, 11) is 12.9. The van der Waals surface area contributed by atoms with Crippen molar-refractivity contribution in [1.82, 2.24) is 9.55 Å². The van der Waals surface area contributed by atoms with Crippen molar-refractivity contribution < 1.29 is 37.2 Å². The maximum absolute atomic E-state index is 15.9. The first-order chi connectivity index (χ1) is 15.7. The van der Waals surface area contributed by atoms with Gasteiger partial charge in [0.15, 0.2) is 6.29 Å². The summed E-state index contributed by atoms with van der Waals surface area (Å²) in [5.74, 6) is -3.20. The number of phosphoric acid groups is 1. The highest BCUT2D eigenvalue weighted by Crippen LogP contribution is 2.59. The number of hydrogen-bond acceptors (Lipinski definition) is 9. The van der Waals surface area contributed by atoms with E-state index in [0.29, 0.717) is 21.9 Å². The van der Waals surface area contributed by atoms with Crippen LogP contribution >= 0.6 is 7.82 Å². The molecule has 11 nitrogen and oxygen atoms in total. The van der Waals surface area contributed by atoms with Crippen molar-refractivity contribution in [1.29, 1.82) is 0 Å². The standard InChI is InChI=1S/C18H15B3FN2O9P/c1-9-3-2-4-10-8-30-34(29,31-13(9)10)33-18(20,21)16(22)5-12(26)17(19,32-16)24-6-11(7-25)14(27)23-15(24)28/h2-4,6-7,12,26H,5,8H2,1H3,(H,23,27,28)/t12-,16+,17+,34?/m1/s1. The molecule has 1 fully saturated rings. The lowest BCUT2D eigenvalue weighted by atomic mass is 9.60. The van der Waals surface area contributed by atoms with Crippen LogP contribution in [0.15, 0.2) is 34.0 Å². The Morgan fingerprint density at radius 1 is 1.41 bits per heavy atom. The van der Waals surface area contributed by atoms with Crippen LogP contribution in [-0.2, 0) is 30.6 Å². The van der Waals surface area contributed by atoms with Gasteiger partial charge >= 0.3 is 13.5 Å². The van der Waals surface area contributed by atoms with E-state index < -0.39 is 54.0 Å². The van der Waals surface area contributed by atoms with E-state index in [1.807, 2.05) is 0 Å². The van der Waals surface area contributed by atoms with Crippen LogP contribution in [0.4, 0.5) is 4.39 Å². The van der Waals surface area contributed by atoms with E-state index in [-0.39, 0.29) is 18.6 Å². The minimum atomic E-state index is -4.61. The number of halogens is 1. The quantitative estimate of drug-likeness (QED) is 0.328. The van der Waals surface area contributed by atoms with Gasteiger partial charge in [-0.15, -0.1) is 0 Å². The first-order valence-electron chi connectivity index (χ1n) is 9.72. The maximum atomic E-state index is 15.9. The molecular weight excluding hydrogens is 471 g/mol. The highest BCUT2D eigenvalue weighted by molar-refractivity contribution is 7.49. The molecule has 2 aliphatic heterocycles. The average molecular weight is 486 g/mol. The van der Waals surface area contributed by atoms with Crippen molar-refractivity contribution in [2.45, 2.75) is 42.9 Å². The second-order valence-electron chi connectivity index (χ2n) is 7.89. The number of para-hydroxylation sites is 1.